The van der Waals surface area contributed by atoms with E-state index in [4.69, 9.17) is 19.4 Å². The number of hydroxylamine groups is 2. The summed E-state index contributed by atoms with van der Waals surface area (Å²) in [5.74, 6) is -0.523. The van der Waals surface area contributed by atoms with Crippen LogP contribution in [-0.2, 0) is 4.84 Å². The maximum atomic E-state index is 14.0. The number of likely N-dealkylation sites (N-methyl/N-ethyl adjacent to an activating group) is 1. The number of anilines is 1. The Bertz CT molecular complexity index is 1580. The van der Waals surface area contributed by atoms with Crippen LogP contribution in [0.2, 0.25) is 0 Å². The first-order valence-corrected chi connectivity index (χ1v) is 13.3. The lowest BCUT2D eigenvalue weighted by atomic mass is 10.0. The number of pyridine rings is 1. The van der Waals surface area contributed by atoms with Crippen molar-refractivity contribution in [2.75, 3.05) is 31.6 Å². The van der Waals surface area contributed by atoms with Gasteiger partial charge in [-0.2, -0.15) is 10.2 Å². The molecule has 4 aromatic rings. The number of ether oxygens (including phenoxy) is 2. The van der Waals surface area contributed by atoms with Crippen LogP contribution in [0.3, 0.4) is 0 Å². The van der Waals surface area contributed by atoms with Gasteiger partial charge in [-0.05, 0) is 42.8 Å². The first kappa shape index (κ1) is 26.7. The van der Waals surface area contributed by atoms with Crippen LogP contribution in [0.1, 0.15) is 24.2 Å². The van der Waals surface area contributed by atoms with E-state index < -0.39 is 29.8 Å². The molecular formula is C29H28F2N6O4. The van der Waals surface area contributed by atoms with Crippen molar-refractivity contribution >= 4 is 11.8 Å². The molecule has 0 spiro atoms. The van der Waals surface area contributed by atoms with Gasteiger partial charge >= 0.3 is 6.03 Å². The molecule has 41 heavy (non-hydrogen) atoms. The standard InChI is InChI=1S/C29H28F2N6O4/c1-3-36-16-23(26(41-36)18-9-10-21(30)22(31)13-18)33-29(38)34-27-17(2)25(35-37(27)20-7-5-4-6-8-20)19-14-24-28(32-15-19)40-12-11-39-24/h4-10,13-15,23,26H,3,11-12,16H2,1-2H3,(H2,33,34,38)/t23-,26+/m1/s1. The van der Waals surface area contributed by atoms with Gasteiger partial charge in [-0.15, -0.1) is 0 Å². The molecule has 0 radical (unpaired) electrons. The average molecular weight is 563 g/mol. The number of para-hydroxylation sites is 1. The smallest absolute Gasteiger partial charge is 0.320 e. The summed E-state index contributed by atoms with van der Waals surface area (Å²) in [4.78, 5) is 23.7. The van der Waals surface area contributed by atoms with Crippen LogP contribution in [-0.4, -0.2) is 58.2 Å². The van der Waals surface area contributed by atoms with Crippen molar-refractivity contribution in [2.24, 2.45) is 0 Å². The van der Waals surface area contributed by atoms with Crippen LogP contribution in [0.25, 0.3) is 16.9 Å². The molecule has 212 valence electrons. The Kier molecular flexibility index (Phi) is 7.25. The number of hydrogen-bond donors (Lipinski definition) is 2. The topological polar surface area (TPSA) is 103 Å². The van der Waals surface area contributed by atoms with E-state index in [1.807, 2.05) is 50.2 Å². The van der Waals surface area contributed by atoms with Gasteiger partial charge in [-0.3, -0.25) is 10.2 Å². The number of rotatable bonds is 6. The third-order valence-corrected chi connectivity index (χ3v) is 7.00. The molecule has 2 N–H and O–H groups in total. The van der Waals surface area contributed by atoms with E-state index in [1.54, 1.807) is 15.9 Å². The van der Waals surface area contributed by atoms with Gasteiger partial charge in [0.15, 0.2) is 17.4 Å². The third-order valence-electron chi connectivity index (χ3n) is 7.00. The molecule has 2 atom stereocenters. The summed E-state index contributed by atoms with van der Waals surface area (Å²) in [5, 5.41) is 12.4. The highest BCUT2D eigenvalue weighted by Gasteiger charge is 2.36. The van der Waals surface area contributed by atoms with Crippen LogP contribution >= 0.6 is 0 Å². The molecule has 0 aliphatic carbocycles. The van der Waals surface area contributed by atoms with E-state index in [-0.39, 0.29) is 0 Å². The van der Waals surface area contributed by atoms with Crippen molar-refractivity contribution in [1.29, 1.82) is 0 Å². The molecule has 2 amide bonds. The van der Waals surface area contributed by atoms with Crippen LogP contribution < -0.4 is 20.1 Å². The van der Waals surface area contributed by atoms with Gasteiger partial charge in [-0.1, -0.05) is 31.2 Å². The van der Waals surface area contributed by atoms with Crippen molar-refractivity contribution in [3.8, 4) is 28.6 Å². The quantitative estimate of drug-likeness (QED) is 0.348. The van der Waals surface area contributed by atoms with Crippen LogP contribution in [0.15, 0.2) is 60.8 Å². The summed E-state index contributed by atoms with van der Waals surface area (Å²) >= 11 is 0. The fraction of sp³-hybridized carbons (Fsp3) is 0.276. The molecule has 0 bridgehead atoms. The average Bonchev–Trinajstić information content (AvgIpc) is 3.55. The molecule has 1 saturated heterocycles. The van der Waals surface area contributed by atoms with Crippen molar-refractivity contribution in [3.05, 3.63) is 83.6 Å². The van der Waals surface area contributed by atoms with E-state index in [2.05, 4.69) is 15.6 Å². The zero-order valence-corrected chi connectivity index (χ0v) is 22.4. The fourth-order valence-corrected chi connectivity index (χ4v) is 4.95. The molecule has 0 saturated carbocycles. The highest BCUT2D eigenvalue weighted by atomic mass is 19.2. The molecule has 12 heteroatoms. The summed E-state index contributed by atoms with van der Waals surface area (Å²) in [6.45, 7) is 5.53. The molecule has 4 heterocycles. The highest BCUT2D eigenvalue weighted by Crippen LogP contribution is 2.36. The van der Waals surface area contributed by atoms with Gasteiger partial charge in [0.1, 0.15) is 25.1 Å². The summed E-state index contributed by atoms with van der Waals surface area (Å²) in [5.41, 5.74) is 3.17. The first-order valence-electron chi connectivity index (χ1n) is 13.3. The first-order chi connectivity index (χ1) is 19.9. The number of nitrogens with zero attached hydrogens (tertiary/aromatic N) is 4. The molecule has 0 unspecified atom stereocenters. The molecule has 2 aliphatic heterocycles. The third kappa shape index (κ3) is 5.31. The van der Waals surface area contributed by atoms with Gasteiger partial charge in [0.25, 0.3) is 5.88 Å². The summed E-state index contributed by atoms with van der Waals surface area (Å²) in [6, 6.07) is 13.8. The second-order valence-corrected chi connectivity index (χ2v) is 9.68. The largest absolute Gasteiger partial charge is 0.484 e. The number of urea groups is 1. The molecule has 10 nitrogen and oxygen atoms in total. The Hall–Kier alpha value is -4.55. The van der Waals surface area contributed by atoms with Gasteiger partial charge in [0.2, 0.25) is 0 Å². The Balaban J connectivity index is 1.30. The second-order valence-electron chi connectivity index (χ2n) is 9.68. The number of aromatic nitrogens is 3. The van der Waals surface area contributed by atoms with Crippen molar-refractivity contribution in [1.82, 2.24) is 25.1 Å². The zero-order valence-electron chi connectivity index (χ0n) is 22.4. The number of nitrogens with one attached hydrogen (secondary N) is 2. The van der Waals surface area contributed by atoms with E-state index in [0.29, 0.717) is 66.1 Å². The molecule has 2 aromatic carbocycles. The maximum absolute atomic E-state index is 14.0. The maximum Gasteiger partial charge on any atom is 0.320 e. The summed E-state index contributed by atoms with van der Waals surface area (Å²) in [7, 11) is 0. The van der Waals surface area contributed by atoms with Crippen molar-refractivity contribution in [2.45, 2.75) is 26.0 Å². The number of halogens is 2. The van der Waals surface area contributed by atoms with Crippen LogP contribution in [0.4, 0.5) is 19.4 Å². The SMILES string of the molecule is CCN1C[C@@H](NC(=O)Nc2c(C)c(-c3cnc4c(c3)OCCO4)nn2-c2ccccc2)[C@H](c2ccc(F)c(F)c2)O1. The monoisotopic (exact) mass is 562 g/mol. The number of hydrogen-bond acceptors (Lipinski definition) is 7. The van der Waals surface area contributed by atoms with E-state index in [0.717, 1.165) is 17.8 Å². The molecule has 2 aliphatic rings. The fourth-order valence-electron chi connectivity index (χ4n) is 4.95. The number of carbonyl (C=O) groups excluding carboxylic acids is 1. The number of benzene rings is 2. The Morgan fingerprint density at radius 1 is 1.07 bits per heavy atom. The summed E-state index contributed by atoms with van der Waals surface area (Å²) < 4.78 is 40.5. The van der Waals surface area contributed by atoms with Gasteiger partial charge in [-0.25, -0.2) is 23.2 Å². The lowest BCUT2D eigenvalue weighted by molar-refractivity contribution is -0.144. The van der Waals surface area contributed by atoms with Crippen molar-refractivity contribution in [3.63, 3.8) is 0 Å². The molecular weight excluding hydrogens is 534 g/mol. The number of amides is 2. The minimum absolute atomic E-state index is 0.360. The van der Waals surface area contributed by atoms with Crippen LogP contribution in [0.5, 0.6) is 11.6 Å². The second kappa shape index (κ2) is 11.1. The number of carbonyl (C=O) groups is 1. The Morgan fingerprint density at radius 3 is 2.66 bits per heavy atom. The molecule has 6 rings (SSSR count). The summed E-state index contributed by atoms with van der Waals surface area (Å²) in [6.07, 6.45) is 0.958. The minimum Gasteiger partial charge on any atom is -0.484 e. The van der Waals surface area contributed by atoms with Gasteiger partial charge < -0.3 is 14.8 Å². The molecule has 2 aromatic heterocycles. The number of fused-ring (bicyclic) bond motifs is 1. The zero-order chi connectivity index (χ0) is 28.5. The minimum atomic E-state index is -0.979. The van der Waals surface area contributed by atoms with Crippen molar-refractivity contribution < 1.29 is 27.9 Å². The van der Waals surface area contributed by atoms with Gasteiger partial charge in [0.05, 0.1) is 17.4 Å². The Labute approximate surface area is 234 Å². The van der Waals surface area contributed by atoms with Gasteiger partial charge in [0, 0.05) is 30.4 Å². The predicted octanol–water partition coefficient (Wildman–Crippen LogP) is 4.79. The van der Waals surface area contributed by atoms with E-state index in [9.17, 15) is 13.6 Å². The van der Waals surface area contributed by atoms with Crippen LogP contribution in [0, 0.1) is 18.6 Å². The predicted molar refractivity (Wildman–Crippen MR) is 146 cm³/mol. The van der Waals surface area contributed by atoms with E-state index >= 15 is 0 Å². The highest BCUT2D eigenvalue weighted by molar-refractivity contribution is 5.91. The lowest BCUT2D eigenvalue weighted by Crippen LogP contribution is -2.42. The van der Waals surface area contributed by atoms with E-state index in [1.165, 1.54) is 6.07 Å². The lowest BCUT2D eigenvalue weighted by Gasteiger charge is -2.20. The Morgan fingerprint density at radius 2 is 1.88 bits per heavy atom. The normalized spacial score (nSPS) is 18.3. The molecule has 1 fully saturated rings.